The Hall–Kier alpha value is -2.56. The smallest absolute Gasteiger partial charge is 0.313 e. The molecule has 5 nitrogen and oxygen atoms in total. The predicted octanol–water partition coefficient (Wildman–Crippen LogP) is 4.38. The van der Waals surface area contributed by atoms with E-state index in [-0.39, 0.29) is 11.9 Å². The van der Waals surface area contributed by atoms with Crippen LogP contribution in [0, 0.1) is 16.7 Å². The lowest BCUT2D eigenvalue weighted by molar-refractivity contribution is -0.174. The average Bonchev–Trinajstić information content (AvgIpc) is 3.40. The molecule has 31 heavy (non-hydrogen) atoms. The first-order chi connectivity index (χ1) is 14.8. The zero-order chi connectivity index (χ0) is 21.9. The molecule has 2 saturated heterocycles. The number of amides is 1. The minimum atomic E-state index is -0.972. The maximum absolute atomic E-state index is 13.5. The van der Waals surface area contributed by atoms with Gasteiger partial charge in [-0.3, -0.25) is 9.59 Å². The summed E-state index contributed by atoms with van der Waals surface area (Å²) >= 11 is 0. The molecule has 3 fully saturated rings. The number of ether oxygens (including phenoxy) is 1. The van der Waals surface area contributed by atoms with Crippen molar-refractivity contribution in [2.24, 2.45) is 16.7 Å². The van der Waals surface area contributed by atoms with Gasteiger partial charge in [-0.15, -0.1) is 0 Å². The van der Waals surface area contributed by atoms with E-state index in [0.717, 1.165) is 38.8 Å². The minimum Gasteiger partial charge on any atom is -0.448 e. The van der Waals surface area contributed by atoms with E-state index in [9.17, 15) is 9.59 Å². The molecule has 0 radical (unpaired) electrons. The molecule has 2 bridgehead atoms. The van der Waals surface area contributed by atoms with Crippen molar-refractivity contribution in [3.8, 4) is 5.69 Å². The molecule has 1 aromatic heterocycles. The van der Waals surface area contributed by atoms with E-state index < -0.39 is 16.4 Å². The number of rotatable bonds is 4. The molecule has 1 unspecified atom stereocenters. The fourth-order valence-electron chi connectivity index (χ4n) is 5.96. The van der Waals surface area contributed by atoms with Crippen LogP contribution in [-0.4, -0.2) is 40.0 Å². The van der Waals surface area contributed by atoms with Crippen LogP contribution in [0.2, 0.25) is 0 Å². The van der Waals surface area contributed by atoms with Crippen molar-refractivity contribution >= 4 is 11.9 Å². The second-order valence-electron chi connectivity index (χ2n) is 10.4. The third-order valence-electron chi connectivity index (χ3n) is 8.69. The molecule has 1 saturated carbocycles. The Kier molecular flexibility index (Phi) is 4.58. The minimum absolute atomic E-state index is 0.0293. The van der Waals surface area contributed by atoms with Crippen LogP contribution in [0.5, 0.6) is 0 Å². The molecule has 1 amide bonds. The summed E-state index contributed by atoms with van der Waals surface area (Å²) in [6.07, 6.45) is 8.51. The van der Waals surface area contributed by atoms with Gasteiger partial charge in [-0.25, -0.2) is 0 Å². The maximum Gasteiger partial charge on any atom is 0.313 e. The van der Waals surface area contributed by atoms with Gasteiger partial charge < -0.3 is 14.2 Å². The van der Waals surface area contributed by atoms with Crippen LogP contribution < -0.4 is 0 Å². The van der Waals surface area contributed by atoms with Gasteiger partial charge in [0.2, 0.25) is 0 Å². The first kappa shape index (κ1) is 20.3. The molecule has 3 aliphatic rings. The second-order valence-corrected chi connectivity index (χ2v) is 10.4. The van der Waals surface area contributed by atoms with Crippen LogP contribution in [0.3, 0.4) is 0 Å². The summed E-state index contributed by atoms with van der Waals surface area (Å²) in [6, 6.07) is 12.8. The highest BCUT2D eigenvalue weighted by Gasteiger charge is 2.76. The molecule has 0 spiro atoms. The Balaban J connectivity index is 1.21. The molecular weight excluding hydrogens is 388 g/mol. The summed E-state index contributed by atoms with van der Waals surface area (Å²) in [6.45, 7) is 7.53. The number of benzene rings is 1. The topological polar surface area (TPSA) is 51.5 Å². The highest BCUT2D eigenvalue weighted by molar-refractivity contribution is 5.96. The quantitative estimate of drug-likeness (QED) is 0.690. The summed E-state index contributed by atoms with van der Waals surface area (Å²) in [5, 5.41) is 0. The Morgan fingerprint density at radius 1 is 1.03 bits per heavy atom. The van der Waals surface area contributed by atoms with E-state index in [1.165, 1.54) is 11.3 Å². The zero-order valence-corrected chi connectivity index (χ0v) is 18.8. The van der Waals surface area contributed by atoms with Crippen molar-refractivity contribution in [2.75, 3.05) is 13.1 Å². The number of nitrogens with zero attached hydrogens (tertiary/aromatic N) is 2. The van der Waals surface area contributed by atoms with Gasteiger partial charge in [-0.1, -0.05) is 26.0 Å². The van der Waals surface area contributed by atoms with Crippen LogP contribution in [0.4, 0.5) is 0 Å². The first-order valence-electron chi connectivity index (χ1n) is 11.5. The van der Waals surface area contributed by atoms with Crippen molar-refractivity contribution in [2.45, 2.75) is 58.5 Å². The van der Waals surface area contributed by atoms with Crippen molar-refractivity contribution in [3.05, 3.63) is 54.4 Å². The number of hydrogen-bond donors (Lipinski definition) is 0. The van der Waals surface area contributed by atoms with Gasteiger partial charge in [0.05, 0.1) is 5.41 Å². The number of carbonyl (C=O) groups excluding carboxylic acids is 2. The van der Waals surface area contributed by atoms with Gasteiger partial charge in [0.15, 0.2) is 5.60 Å². The lowest BCUT2D eigenvalue weighted by atomic mass is 9.66. The number of hydrogen-bond acceptors (Lipinski definition) is 3. The van der Waals surface area contributed by atoms with E-state index in [4.69, 9.17) is 4.74 Å². The Morgan fingerprint density at radius 2 is 1.68 bits per heavy atom. The molecule has 5 heteroatoms. The lowest BCUT2D eigenvalue weighted by Crippen LogP contribution is -2.56. The summed E-state index contributed by atoms with van der Waals surface area (Å²) < 4.78 is 7.92. The third kappa shape index (κ3) is 2.89. The highest BCUT2D eigenvalue weighted by atomic mass is 16.6. The van der Waals surface area contributed by atoms with Crippen molar-refractivity contribution in [1.82, 2.24) is 9.47 Å². The molecule has 2 atom stereocenters. The summed E-state index contributed by atoms with van der Waals surface area (Å²) in [7, 11) is 0. The standard InChI is InChI=1S/C26H32N2O3/c1-24(2)25(3)12-13-26(24,31-23(25)30)22(29)28-16-10-20(11-17-28)18-19-6-8-21(9-7-19)27-14-4-5-15-27/h4-9,14-15,20H,10-13,16-18H2,1-3H3/t25-,26?/m0/s1. The van der Waals surface area contributed by atoms with E-state index in [0.29, 0.717) is 12.3 Å². The normalized spacial score (nSPS) is 29.9. The number of esters is 1. The monoisotopic (exact) mass is 420 g/mol. The first-order valence-corrected chi connectivity index (χ1v) is 11.5. The molecule has 2 aromatic rings. The van der Waals surface area contributed by atoms with Gasteiger partial charge in [0.25, 0.3) is 5.91 Å². The van der Waals surface area contributed by atoms with Gasteiger partial charge in [-0.05, 0) is 74.8 Å². The van der Waals surface area contributed by atoms with E-state index in [2.05, 4.69) is 41.2 Å². The second kappa shape index (κ2) is 6.98. The molecule has 3 heterocycles. The van der Waals surface area contributed by atoms with Crippen LogP contribution in [-0.2, 0) is 20.7 Å². The number of piperidine rings is 1. The van der Waals surface area contributed by atoms with Crippen LogP contribution in [0.25, 0.3) is 5.69 Å². The molecule has 5 rings (SSSR count). The molecule has 2 aliphatic heterocycles. The number of fused-ring (bicyclic) bond motifs is 2. The highest BCUT2D eigenvalue weighted by Crippen LogP contribution is 2.66. The molecule has 0 N–H and O–H groups in total. The number of aromatic nitrogens is 1. The Bertz CT molecular complexity index is 986. The Morgan fingerprint density at radius 3 is 2.23 bits per heavy atom. The SMILES string of the molecule is CC1(C)C2(C(=O)N3CCC(Cc4ccc(-n5cccc5)cc4)CC3)CC[C@@]1(C)C(=O)O2. The predicted molar refractivity (Wildman–Crippen MR) is 119 cm³/mol. The molecule has 1 aliphatic carbocycles. The number of likely N-dealkylation sites (tertiary alicyclic amines) is 1. The molecule has 164 valence electrons. The largest absolute Gasteiger partial charge is 0.448 e. The fraction of sp³-hybridized carbons (Fsp3) is 0.538. The summed E-state index contributed by atoms with van der Waals surface area (Å²) in [5.74, 6) is 0.406. The summed E-state index contributed by atoms with van der Waals surface area (Å²) in [4.78, 5) is 28.0. The Labute approximate surface area is 184 Å². The van der Waals surface area contributed by atoms with Crippen LogP contribution >= 0.6 is 0 Å². The van der Waals surface area contributed by atoms with E-state index >= 15 is 0 Å². The number of carbonyl (C=O) groups is 2. The average molecular weight is 421 g/mol. The van der Waals surface area contributed by atoms with Crippen molar-refractivity contribution in [1.29, 1.82) is 0 Å². The van der Waals surface area contributed by atoms with Gasteiger partial charge in [0.1, 0.15) is 0 Å². The fourth-order valence-corrected chi connectivity index (χ4v) is 5.96. The molecular formula is C26H32N2O3. The van der Waals surface area contributed by atoms with Crippen LogP contribution in [0.15, 0.2) is 48.8 Å². The van der Waals surface area contributed by atoms with Crippen LogP contribution in [0.1, 0.15) is 52.0 Å². The van der Waals surface area contributed by atoms with Gasteiger partial charge in [0, 0.05) is 36.6 Å². The van der Waals surface area contributed by atoms with E-state index in [1.807, 2.05) is 37.8 Å². The van der Waals surface area contributed by atoms with Gasteiger partial charge >= 0.3 is 5.97 Å². The summed E-state index contributed by atoms with van der Waals surface area (Å²) in [5.41, 5.74) is 0.530. The van der Waals surface area contributed by atoms with E-state index in [1.54, 1.807) is 0 Å². The zero-order valence-electron chi connectivity index (χ0n) is 18.8. The van der Waals surface area contributed by atoms with Crippen molar-refractivity contribution < 1.29 is 14.3 Å². The van der Waals surface area contributed by atoms with Crippen molar-refractivity contribution in [3.63, 3.8) is 0 Å². The maximum atomic E-state index is 13.5. The lowest BCUT2D eigenvalue weighted by Gasteiger charge is -2.41. The molecule has 1 aromatic carbocycles. The van der Waals surface area contributed by atoms with Gasteiger partial charge in [-0.2, -0.15) is 0 Å². The third-order valence-corrected chi connectivity index (χ3v) is 8.69.